The summed E-state index contributed by atoms with van der Waals surface area (Å²) in [6, 6.07) is 0.299. The number of hydrogen-bond acceptors (Lipinski definition) is 5. The van der Waals surface area contributed by atoms with Crippen LogP contribution < -0.4 is 10.6 Å². The molecule has 98 valence electrons. The molecule has 1 aliphatic carbocycles. The molecule has 1 aliphatic rings. The second-order valence-corrected chi connectivity index (χ2v) is 4.90. The van der Waals surface area contributed by atoms with Crippen LogP contribution in [0, 0.1) is 5.92 Å². The minimum Gasteiger partial charge on any atom is -0.409 e. The Hall–Kier alpha value is -1.85. The van der Waals surface area contributed by atoms with Gasteiger partial charge in [0, 0.05) is 25.0 Å². The molecule has 0 saturated heterocycles. The number of anilines is 1. The first kappa shape index (κ1) is 12.6. The van der Waals surface area contributed by atoms with Gasteiger partial charge in [-0.05, 0) is 32.6 Å². The second-order valence-electron chi connectivity index (χ2n) is 4.90. The number of oxime groups is 1. The van der Waals surface area contributed by atoms with Crippen molar-refractivity contribution in [3.8, 4) is 0 Å². The van der Waals surface area contributed by atoms with Crippen molar-refractivity contribution in [3.63, 3.8) is 0 Å². The van der Waals surface area contributed by atoms with E-state index in [1.54, 1.807) is 12.4 Å². The number of rotatable bonds is 5. The first-order valence-corrected chi connectivity index (χ1v) is 6.19. The van der Waals surface area contributed by atoms with Crippen molar-refractivity contribution in [3.05, 3.63) is 18.1 Å². The van der Waals surface area contributed by atoms with Crippen LogP contribution in [0.5, 0.6) is 0 Å². The lowest BCUT2D eigenvalue weighted by Gasteiger charge is -2.28. The van der Waals surface area contributed by atoms with Crippen LogP contribution in [0.2, 0.25) is 0 Å². The summed E-state index contributed by atoms with van der Waals surface area (Å²) in [4.78, 5) is 10.7. The monoisotopic (exact) mass is 249 g/mol. The summed E-state index contributed by atoms with van der Waals surface area (Å²) < 4.78 is 0. The van der Waals surface area contributed by atoms with E-state index in [1.807, 2.05) is 0 Å². The minimum atomic E-state index is -0.000420. The molecular weight excluding hydrogens is 230 g/mol. The van der Waals surface area contributed by atoms with Crippen LogP contribution in [0.15, 0.2) is 17.5 Å². The number of aromatic nitrogens is 2. The maximum absolute atomic E-state index is 8.80. The average Bonchev–Trinajstić information content (AvgIpc) is 3.18. The lowest BCUT2D eigenvalue weighted by molar-refractivity contribution is 0.318. The van der Waals surface area contributed by atoms with Crippen LogP contribution in [0.1, 0.15) is 32.4 Å². The molecule has 1 saturated carbocycles. The Labute approximate surface area is 107 Å². The van der Waals surface area contributed by atoms with Gasteiger partial charge < -0.3 is 15.8 Å². The molecular formula is C12H19N5O. The fourth-order valence-electron chi connectivity index (χ4n) is 1.89. The Kier molecular flexibility index (Phi) is 3.64. The van der Waals surface area contributed by atoms with Crippen LogP contribution in [-0.2, 0) is 0 Å². The molecule has 0 aliphatic heterocycles. The molecule has 0 amide bonds. The fraction of sp³-hybridized carbons (Fsp3) is 0.583. The van der Waals surface area contributed by atoms with Crippen molar-refractivity contribution in [2.75, 3.05) is 11.4 Å². The highest BCUT2D eigenvalue weighted by Crippen LogP contribution is 2.32. The second kappa shape index (κ2) is 5.20. The Morgan fingerprint density at radius 3 is 2.72 bits per heavy atom. The van der Waals surface area contributed by atoms with E-state index in [0.717, 1.165) is 12.5 Å². The van der Waals surface area contributed by atoms with Gasteiger partial charge >= 0.3 is 0 Å². The molecule has 0 unspecified atom stereocenters. The van der Waals surface area contributed by atoms with Crippen molar-refractivity contribution >= 4 is 11.7 Å². The Morgan fingerprint density at radius 2 is 2.17 bits per heavy atom. The summed E-state index contributed by atoms with van der Waals surface area (Å²) in [5.41, 5.74) is 6.09. The van der Waals surface area contributed by atoms with E-state index in [1.165, 1.54) is 12.8 Å². The molecule has 0 aromatic carbocycles. The van der Waals surface area contributed by atoms with Gasteiger partial charge in [-0.15, -0.1) is 0 Å². The molecule has 1 aromatic heterocycles. The molecule has 0 bridgehead atoms. The topological polar surface area (TPSA) is 87.6 Å². The standard InChI is InChI=1S/C12H19N5O/c1-8(2)17(7-9-3-4-9)12-10(11(13)16-18)14-5-6-15-12/h5-6,8-9,18H,3-4,7H2,1-2H3,(H2,13,16). The van der Waals surface area contributed by atoms with Gasteiger partial charge in [0.15, 0.2) is 17.3 Å². The Balaban J connectivity index is 2.33. The van der Waals surface area contributed by atoms with Gasteiger partial charge in [0.2, 0.25) is 0 Å². The molecule has 0 spiro atoms. The maximum atomic E-state index is 8.80. The molecule has 2 rings (SSSR count). The molecule has 18 heavy (non-hydrogen) atoms. The molecule has 1 aromatic rings. The lowest BCUT2D eigenvalue weighted by atomic mass is 10.2. The van der Waals surface area contributed by atoms with Crippen LogP contribution in [0.4, 0.5) is 5.82 Å². The third-order valence-corrected chi connectivity index (χ3v) is 3.08. The van der Waals surface area contributed by atoms with Gasteiger partial charge in [0.25, 0.3) is 0 Å². The van der Waals surface area contributed by atoms with Gasteiger partial charge in [-0.3, -0.25) is 0 Å². The van der Waals surface area contributed by atoms with E-state index in [9.17, 15) is 0 Å². The smallest absolute Gasteiger partial charge is 0.192 e. The van der Waals surface area contributed by atoms with E-state index >= 15 is 0 Å². The van der Waals surface area contributed by atoms with Crippen molar-refractivity contribution in [1.82, 2.24) is 9.97 Å². The SMILES string of the molecule is CC(C)N(CC1CC1)c1nccnc1C(N)=NO. The summed E-state index contributed by atoms with van der Waals surface area (Å²) in [5, 5.41) is 11.8. The first-order valence-electron chi connectivity index (χ1n) is 6.19. The van der Waals surface area contributed by atoms with Crippen molar-refractivity contribution in [2.24, 2.45) is 16.8 Å². The zero-order valence-electron chi connectivity index (χ0n) is 10.7. The Bertz CT molecular complexity index is 442. The van der Waals surface area contributed by atoms with Gasteiger partial charge in [0.1, 0.15) is 0 Å². The molecule has 6 nitrogen and oxygen atoms in total. The number of nitrogens with zero attached hydrogens (tertiary/aromatic N) is 4. The minimum absolute atomic E-state index is 0.000420. The van der Waals surface area contributed by atoms with E-state index in [2.05, 4.69) is 33.9 Å². The van der Waals surface area contributed by atoms with E-state index in [-0.39, 0.29) is 5.84 Å². The first-order chi connectivity index (χ1) is 8.63. The van der Waals surface area contributed by atoms with Crippen molar-refractivity contribution in [1.29, 1.82) is 0 Å². The van der Waals surface area contributed by atoms with E-state index < -0.39 is 0 Å². The number of amidine groups is 1. The maximum Gasteiger partial charge on any atom is 0.192 e. The van der Waals surface area contributed by atoms with Gasteiger partial charge in [-0.2, -0.15) is 0 Å². The predicted octanol–water partition coefficient (Wildman–Crippen LogP) is 1.20. The highest BCUT2D eigenvalue weighted by atomic mass is 16.4. The third kappa shape index (κ3) is 2.69. The van der Waals surface area contributed by atoms with E-state index in [0.29, 0.717) is 17.6 Å². The van der Waals surface area contributed by atoms with Crippen molar-refractivity contribution < 1.29 is 5.21 Å². The molecule has 0 radical (unpaired) electrons. The number of hydrogen-bond donors (Lipinski definition) is 2. The zero-order chi connectivity index (χ0) is 13.1. The molecule has 1 fully saturated rings. The largest absolute Gasteiger partial charge is 0.409 e. The molecule has 3 N–H and O–H groups in total. The molecule has 6 heteroatoms. The lowest BCUT2D eigenvalue weighted by Crippen LogP contribution is -2.36. The van der Waals surface area contributed by atoms with Crippen LogP contribution >= 0.6 is 0 Å². The van der Waals surface area contributed by atoms with Gasteiger partial charge in [-0.25, -0.2) is 9.97 Å². The quantitative estimate of drug-likeness (QED) is 0.354. The fourth-order valence-corrected chi connectivity index (χ4v) is 1.89. The summed E-state index contributed by atoms with van der Waals surface area (Å²) >= 11 is 0. The third-order valence-electron chi connectivity index (χ3n) is 3.08. The predicted molar refractivity (Wildman–Crippen MR) is 69.7 cm³/mol. The average molecular weight is 249 g/mol. The Morgan fingerprint density at radius 1 is 1.50 bits per heavy atom. The molecule has 0 atom stereocenters. The molecule has 1 heterocycles. The van der Waals surface area contributed by atoms with E-state index in [4.69, 9.17) is 10.9 Å². The highest BCUT2D eigenvalue weighted by Gasteiger charge is 2.28. The number of nitrogens with two attached hydrogens (primary N) is 1. The summed E-state index contributed by atoms with van der Waals surface area (Å²) in [6.07, 6.45) is 5.71. The summed E-state index contributed by atoms with van der Waals surface area (Å²) in [7, 11) is 0. The van der Waals surface area contributed by atoms with Crippen LogP contribution in [0.25, 0.3) is 0 Å². The summed E-state index contributed by atoms with van der Waals surface area (Å²) in [5.74, 6) is 1.42. The summed E-state index contributed by atoms with van der Waals surface area (Å²) in [6.45, 7) is 5.16. The van der Waals surface area contributed by atoms with Crippen LogP contribution in [0.3, 0.4) is 0 Å². The van der Waals surface area contributed by atoms with Gasteiger partial charge in [-0.1, -0.05) is 5.16 Å². The zero-order valence-corrected chi connectivity index (χ0v) is 10.7. The normalized spacial score (nSPS) is 16.1. The van der Waals surface area contributed by atoms with Crippen molar-refractivity contribution in [2.45, 2.75) is 32.7 Å². The van der Waals surface area contributed by atoms with Gasteiger partial charge in [0.05, 0.1) is 0 Å². The highest BCUT2D eigenvalue weighted by molar-refractivity contribution is 5.99. The van der Waals surface area contributed by atoms with Crippen LogP contribution in [-0.4, -0.2) is 33.6 Å².